The van der Waals surface area contributed by atoms with E-state index in [1.807, 2.05) is 68.7 Å². The Morgan fingerprint density at radius 3 is 2.53 bits per heavy atom. The van der Waals surface area contributed by atoms with Crippen LogP contribution in [0.1, 0.15) is 12.8 Å². The van der Waals surface area contributed by atoms with Gasteiger partial charge in [-0.2, -0.15) is 0 Å². The van der Waals surface area contributed by atoms with Crippen LogP contribution in [0.15, 0.2) is 65.3 Å². The number of rotatable bonds is 9. The van der Waals surface area contributed by atoms with Gasteiger partial charge >= 0.3 is 0 Å². The van der Waals surface area contributed by atoms with Gasteiger partial charge in [-0.15, -0.1) is 0 Å². The quantitative estimate of drug-likeness (QED) is 0.355. The molecule has 2 aromatic heterocycles. The number of hydrogen-bond acceptors (Lipinski definition) is 8. The molecule has 4 aromatic rings. The van der Waals surface area contributed by atoms with Crippen LogP contribution >= 0.6 is 0 Å². The summed E-state index contributed by atoms with van der Waals surface area (Å²) in [4.78, 5) is 10.9. The Morgan fingerprint density at radius 2 is 1.83 bits per heavy atom. The van der Waals surface area contributed by atoms with Crippen LogP contribution in [0.5, 0.6) is 5.75 Å². The summed E-state index contributed by atoms with van der Waals surface area (Å²) in [5.41, 5.74) is 3.16. The molecule has 188 valence electrons. The first-order valence-electron chi connectivity index (χ1n) is 12.1. The van der Waals surface area contributed by atoms with Crippen LogP contribution in [-0.2, 0) is 9.84 Å². The molecule has 1 aliphatic rings. The average molecular weight is 507 g/mol. The Labute approximate surface area is 211 Å². The van der Waals surface area contributed by atoms with Gasteiger partial charge < -0.3 is 19.4 Å². The number of nitrogens with zero attached hydrogens (tertiary/aromatic N) is 3. The van der Waals surface area contributed by atoms with E-state index in [1.165, 1.54) is 6.33 Å². The highest BCUT2D eigenvalue weighted by Crippen LogP contribution is 2.42. The monoisotopic (exact) mass is 506 g/mol. The maximum atomic E-state index is 12.3. The molecule has 1 N–H and O–H groups in total. The second kappa shape index (κ2) is 10.3. The van der Waals surface area contributed by atoms with Crippen molar-refractivity contribution < 1.29 is 17.6 Å². The van der Waals surface area contributed by atoms with Gasteiger partial charge in [-0.3, -0.25) is 0 Å². The number of furan rings is 1. The second-order valence-corrected chi connectivity index (χ2v) is 11.7. The summed E-state index contributed by atoms with van der Waals surface area (Å²) in [5.74, 6) is 2.28. The molecule has 0 bridgehead atoms. The Balaban J connectivity index is 1.53. The predicted octanol–water partition coefficient (Wildman–Crippen LogP) is 4.49. The topological polar surface area (TPSA) is 97.6 Å². The molecular weight excluding hydrogens is 476 g/mol. The van der Waals surface area contributed by atoms with Gasteiger partial charge in [-0.05, 0) is 56.8 Å². The molecule has 0 aliphatic carbocycles. The molecule has 3 heterocycles. The standard InChI is InChI=1S/C27H30N4O4S/c1-31(2)14-15-34-21-12-10-20(11-13-21)25-23(19-7-4-3-5-8-19)24-26(29-18-30-27(24)35-25)28-17-22-9-6-16-36(22,32)33/h3-5,7-8,10-13,18,22H,6,9,14-17H2,1-2H3,(H,28,29,30). The van der Waals surface area contributed by atoms with Crippen molar-refractivity contribution in [2.45, 2.75) is 18.1 Å². The summed E-state index contributed by atoms with van der Waals surface area (Å²) < 4.78 is 36.8. The fourth-order valence-corrected chi connectivity index (χ4v) is 6.26. The van der Waals surface area contributed by atoms with Crippen molar-refractivity contribution in [1.82, 2.24) is 14.9 Å². The fraction of sp³-hybridized carbons (Fsp3) is 0.333. The van der Waals surface area contributed by atoms with Crippen LogP contribution in [0.4, 0.5) is 5.82 Å². The van der Waals surface area contributed by atoms with Crippen LogP contribution in [0.3, 0.4) is 0 Å². The zero-order valence-corrected chi connectivity index (χ0v) is 21.3. The fourth-order valence-electron chi connectivity index (χ4n) is 4.50. The number of nitrogens with one attached hydrogen (secondary N) is 1. The highest BCUT2D eigenvalue weighted by molar-refractivity contribution is 7.92. The van der Waals surface area contributed by atoms with E-state index in [9.17, 15) is 8.42 Å². The van der Waals surface area contributed by atoms with Crippen molar-refractivity contribution >= 4 is 26.8 Å². The van der Waals surface area contributed by atoms with E-state index in [2.05, 4.69) is 20.2 Å². The third kappa shape index (κ3) is 5.08. The number of benzene rings is 2. The largest absolute Gasteiger partial charge is 0.492 e. The van der Waals surface area contributed by atoms with E-state index in [0.29, 0.717) is 43.3 Å². The minimum atomic E-state index is -3.07. The van der Waals surface area contributed by atoms with Crippen LogP contribution in [-0.4, -0.2) is 68.1 Å². The third-order valence-corrected chi connectivity index (χ3v) is 8.71. The molecule has 1 aliphatic heterocycles. The maximum absolute atomic E-state index is 12.3. The molecule has 5 rings (SSSR count). The van der Waals surface area contributed by atoms with Gasteiger partial charge in [-0.1, -0.05) is 30.3 Å². The second-order valence-electron chi connectivity index (χ2n) is 9.26. The summed E-state index contributed by atoms with van der Waals surface area (Å²) in [7, 11) is 0.953. The van der Waals surface area contributed by atoms with E-state index in [4.69, 9.17) is 9.15 Å². The number of fused-ring (bicyclic) bond motifs is 1. The van der Waals surface area contributed by atoms with Crippen molar-refractivity contribution in [3.8, 4) is 28.2 Å². The van der Waals surface area contributed by atoms with Crippen LogP contribution in [0.25, 0.3) is 33.6 Å². The van der Waals surface area contributed by atoms with Crippen molar-refractivity contribution in [3.05, 3.63) is 60.9 Å². The molecule has 9 heteroatoms. The van der Waals surface area contributed by atoms with E-state index in [1.54, 1.807) is 0 Å². The number of hydrogen-bond donors (Lipinski definition) is 1. The van der Waals surface area contributed by atoms with E-state index in [-0.39, 0.29) is 5.75 Å². The molecule has 0 saturated carbocycles. The van der Waals surface area contributed by atoms with Gasteiger partial charge in [-0.25, -0.2) is 18.4 Å². The third-order valence-electron chi connectivity index (χ3n) is 6.43. The SMILES string of the molecule is CN(C)CCOc1ccc(-c2oc3ncnc(NCC4CCCS4(=O)=O)c3c2-c2ccccc2)cc1. The van der Waals surface area contributed by atoms with Gasteiger partial charge in [0, 0.05) is 24.2 Å². The number of anilines is 1. The number of sulfone groups is 1. The molecule has 1 fully saturated rings. The Bertz CT molecular complexity index is 1430. The van der Waals surface area contributed by atoms with Gasteiger partial charge in [0.25, 0.3) is 0 Å². The molecule has 0 spiro atoms. The van der Waals surface area contributed by atoms with Crippen molar-refractivity contribution in [2.24, 2.45) is 0 Å². The van der Waals surface area contributed by atoms with Crippen molar-refractivity contribution in [3.63, 3.8) is 0 Å². The lowest BCUT2D eigenvalue weighted by Crippen LogP contribution is -2.25. The Hall–Kier alpha value is -3.43. The minimum absolute atomic E-state index is 0.249. The molecule has 1 saturated heterocycles. The lowest BCUT2D eigenvalue weighted by Gasteiger charge is -2.12. The molecular formula is C27H30N4O4S. The smallest absolute Gasteiger partial charge is 0.232 e. The van der Waals surface area contributed by atoms with E-state index >= 15 is 0 Å². The van der Waals surface area contributed by atoms with E-state index in [0.717, 1.165) is 34.4 Å². The highest BCUT2D eigenvalue weighted by Gasteiger charge is 2.31. The first-order valence-corrected chi connectivity index (χ1v) is 13.8. The van der Waals surface area contributed by atoms with Crippen LogP contribution < -0.4 is 10.1 Å². The van der Waals surface area contributed by atoms with Gasteiger partial charge in [0.1, 0.15) is 30.3 Å². The van der Waals surface area contributed by atoms with Gasteiger partial charge in [0.2, 0.25) is 5.71 Å². The number of ether oxygens (including phenoxy) is 1. The summed E-state index contributed by atoms with van der Waals surface area (Å²) in [5, 5.41) is 3.62. The maximum Gasteiger partial charge on any atom is 0.232 e. The summed E-state index contributed by atoms with van der Waals surface area (Å²) in [6.07, 6.45) is 2.81. The van der Waals surface area contributed by atoms with Crippen molar-refractivity contribution in [2.75, 3.05) is 44.9 Å². The van der Waals surface area contributed by atoms with Gasteiger partial charge in [0.15, 0.2) is 9.84 Å². The first kappa shape index (κ1) is 24.3. The molecule has 1 atom stereocenters. The lowest BCUT2D eigenvalue weighted by atomic mass is 9.99. The molecule has 0 radical (unpaired) electrons. The lowest BCUT2D eigenvalue weighted by molar-refractivity contribution is 0.261. The zero-order chi connectivity index (χ0) is 25.1. The van der Waals surface area contributed by atoms with Gasteiger partial charge in [0.05, 0.1) is 16.4 Å². The minimum Gasteiger partial charge on any atom is -0.492 e. The van der Waals surface area contributed by atoms with Crippen LogP contribution in [0, 0.1) is 0 Å². The predicted molar refractivity (Wildman–Crippen MR) is 142 cm³/mol. The molecule has 1 unspecified atom stereocenters. The van der Waals surface area contributed by atoms with Crippen LogP contribution in [0.2, 0.25) is 0 Å². The summed E-state index contributed by atoms with van der Waals surface area (Å²) >= 11 is 0. The zero-order valence-electron chi connectivity index (χ0n) is 20.5. The average Bonchev–Trinajstić information content (AvgIpc) is 3.43. The molecule has 36 heavy (non-hydrogen) atoms. The summed E-state index contributed by atoms with van der Waals surface area (Å²) in [6.45, 7) is 1.75. The van der Waals surface area contributed by atoms with E-state index < -0.39 is 15.1 Å². The molecule has 8 nitrogen and oxygen atoms in total. The number of aromatic nitrogens is 2. The highest BCUT2D eigenvalue weighted by atomic mass is 32.2. The summed E-state index contributed by atoms with van der Waals surface area (Å²) in [6, 6.07) is 17.8. The normalized spacial score (nSPS) is 17.0. The van der Waals surface area contributed by atoms with Crippen molar-refractivity contribution in [1.29, 1.82) is 0 Å². The number of likely N-dealkylation sites (N-methyl/N-ethyl adjacent to an activating group) is 1. The molecule has 2 aromatic carbocycles. The Kier molecular flexibility index (Phi) is 6.93. The first-order chi connectivity index (χ1) is 17.4. The Morgan fingerprint density at radius 1 is 1.06 bits per heavy atom. The molecule has 0 amide bonds.